The molecule has 1 unspecified atom stereocenters. The van der Waals surface area contributed by atoms with Gasteiger partial charge in [0, 0.05) is 18.2 Å². The average molecular weight is 344 g/mol. The minimum Gasteiger partial charge on any atom is -0.466 e. The Labute approximate surface area is 152 Å². The van der Waals surface area contributed by atoms with Crippen molar-refractivity contribution in [1.82, 2.24) is 0 Å². The van der Waals surface area contributed by atoms with Crippen LogP contribution in [0.4, 0.5) is 11.4 Å². The summed E-state index contributed by atoms with van der Waals surface area (Å²) in [4.78, 5) is 11.8. The predicted molar refractivity (Wildman–Crippen MR) is 105 cm³/mol. The fourth-order valence-electron chi connectivity index (χ4n) is 3.32. The van der Waals surface area contributed by atoms with E-state index < -0.39 is 0 Å². The van der Waals surface area contributed by atoms with Gasteiger partial charge in [0.1, 0.15) is 0 Å². The Bertz CT molecular complexity index is 994. The van der Waals surface area contributed by atoms with Crippen molar-refractivity contribution in [3.63, 3.8) is 0 Å². The number of hydrogen-bond donors (Lipinski definition) is 2. The number of esters is 1. The molecule has 4 rings (SSSR count). The summed E-state index contributed by atoms with van der Waals surface area (Å²) in [6, 6.07) is 22.9. The molecule has 0 saturated heterocycles. The topological polar surface area (TPSA) is 50.4 Å². The lowest BCUT2D eigenvalue weighted by atomic mass is 9.98. The summed E-state index contributed by atoms with van der Waals surface area (Å²) in [5, 5.41) is 9.39. The molecule has 3 aromatic carbocycles. The van der Waals surface area contributed by atoms with Gasteiger partial charge in [-0.25, -0.2) is 4.79 Å². The Balaban J connectivity index is 1.76. The maximum absolute atomic E-state index is 11.8. The smallest absolute Gasteiger partial charge is 0.332 e. The highest BCUT2D eigenvalue weighted by atomic mass is 16.5. The van der Waals surface area contributed by atoms with Crippen molar-refractivity contribution in [1.29, 1.82) is 0 Å². The number of para-hydroxylation sites is 2. The molecule has 0 aromatic heterocycles. The molecule has 0 aliphatic carbocycles. The van der Waals surface area contributed by atoms with E-state index in [-0.39, 0.29) is 12.0 Å². The van der Waals surface area contributed by atoms with E-state index in [9.17, 15) is 4.79 Å². The molecular weight excluding hydrogens is 324 g/mol. The second kappa shape index (κ2) is 6.92. The van der Waals surface area contributed by atoms with Crippen molar-refractivity contribution in [3.8, 4) is 0 Å². The van der Waals surface area contributed by atoms with Crippen LogP contribution in [-0.2, 0) is 9.53 Å². The van der Waals surface area contributed by atoms with Gasteiger partial charge in [-0.3, -0.25) is 0 Å². The lowest BCUT2D eigenvalue weighted by Crippen LogP contribution is -2.11. The fourth-order valence-corrected chi connectivity index (χ4v) is 3.32. The SMILES string of the molecule is COC(=O)/C=C1/CC(c2ccc3ccccc3c2)Nc2ccccc2N1. The number of methoxy groups -OCH3 is 1. The van der Waals surface area contributed by atoms with Gasteiger partial charge in [0.25, 0.3) is 0 Å². The van der Waals surface area contributed by atoms with Crippen LogP contribution in [0.15, 0.2) is 78.5 Å². The molecule has 130 valence electrons. The van der Waals surface area contributed by atoms with E-state index in [2.05, 4.69) is 41.0 Å². The molecule has 0 bridgehead atoms. The minimum atomic E-state index is -0.357. The third-order valence-electron chi connectivity index (χ3n) is 4.65. The van der Waals surface area contributed by atoms with Gasteiger partial charge >= 0.3 is 5.97 Å². The maximum atomic E-state index is 11.8. The van der Waals surface area contributed by atoms with E-state index in [0.29, 0.717) is 6.42 Å². The Morgan fingerprint density at radius 3 is 2.54 bits per heavy atom. The van der Waals surface area contributed by atoms with Gasteiger partial charge in [0.15, 0.2) is 0 Å². The van der Waals surface area contributed by atoms with Gasteiger partial charge in [-0.05, 0) is 34.5 Å². The molecule has 1 aliphatic rings. The van der Waals surface area contributed by atoms with Gasteiger partial charge in [-0.15, -0.1) is 0 Å². The van der Waals surface area contributed by atoms with E-state index in [0.717, 1.165) is 17.1 Å². The molecule has 0 spiro atoms. The standard InChI is InChI=1S/C22H20N2O2/c1-26-22(25)14-18-13-21(24-20-9-5-4-8-19(20)23-18)17-11-10-15-6-2-3-7-16(15)12-17/h2-12,14,21,23-24H,13H2,1H3/b18-14-. The highest BCUT2D eigenvalue weighted by Gasteiger charge is 2.20. The Hall–Kier alpha value is -3.27. The number of fused-ring (bicyclic) bond motifs is 2. The van der Waals surface area contributed by atoms with Crippen LogP contribution in [0.1, 0.15) is 18.0 Å². The highest BCUT2D eigenvalue weighted by Crippen LogP contribution is 2.35. The van der Waals surface area contributed by atoms with Crippen LogP contribution in [0, 0.1) is 0 Å². The zero-order valence-corrected chi connectivity index (χ0v) is 14.5. The molecule has 0 fully saturated rings. The fraction of sp³-hybridized carbons (Fsp3) is 0.136. The van der Waals surface area contributed by atoms with Crippen molar-refractivity contribution in [2.45, 2.75) is 12.5 Å². The molecule has 4 heteroatoms. The van der Waals surface area contributed by atoms with Gasteiger partial charge < -0.3 is 15.4 Å². The lowest BCUT2D eigenvalue weighted by Gasteiger charge is -2.19. The number of carbonyl (C=O) groups is 1. The van der Waals surface area contributed by atoms with Crippen molar-refractivity contribution in [2.24, 2.45) is 0 Å². The van der Waals surface area contributed by atoms with E-state index in [1.807, 2.05) is 36.4 Å². The van der Waals surface area contributed by atoms with E-state index in [1.54, 1.807) is 0 Å². The first-order valence-electron chi connectivity index (χ1n) is 8.63. The number of benzene rings is 3. The Morgan fingerprint density at radius 2 is 1.73 bits per heavy atom. The monoisotopic (exact) mass is 344 g/mol. The van der Waals surface area contributed by atoms with Crippen LogP contribution < -0.4 is 10.6 Å². The van der Waals surface area contributed by atoms with Crippen molar-refractivity contribution < 1.29 is 9.53 Å². The second-order valence-electron chi connectivity index (χ2n) is 6.37. The summed E-state index contributed by atoms with van der Waals surface area (Å²) in [6.07, 6.45) is 2.18. The Morgan fingerprint density at radius 1 is 1.00 bits per heavy atom. The summed E-state index contributed by atoms with van der Waals surface area (Å²) in [7, 11) is 1.39. The van der Waals surface area contributed by atoms with Gasteiger partial charge in [0.05, 0.1) is 24.5 Å². The summed E-state index contributed by atoms with van der Waals surface area (Å²) in [5.74, 6) is -0.357. The number of anilines is 2. The molecule has 0 amide bonds. The van der Waals surface area contributed by atoms with Crippen LogP contribution in [-0.4, -0.2) is 13.1 Å². The molecular formula is C22H20N2O2. The molecule has 0 saturated carbocycles. The van der Waals surface area contributed by atoms with Crippen molar-refractivity contribution >= 4 is 28.1 Å². The van der Waals surface area contributed by atoms with Crippen molar-refractivity contribution in [3.05, 3.63) is 84.1 Å². The first-order chi connectivity index (χ1) is 12.7. The lowest BCUT2D eigenvalue weighted by molar-refractivity contribution is -0.134. The van der Waals surface area contributed by atoms with Crippen molar-refractivity contribution in [2.75, 3.05) is 17.7 Å². The van der Waals surface area contributed by atoms with E-state index >= 15 is 0 Å². The maximum Gasteiger partial charge on any atom is 0.332 e. The zero-order valence-electron chi connectivity index (χ0n) is 14.5. The van der Waals surface area contributed by atoms with Crippen LogP contribution in [0.25, 0.3) is 10.8 Å². The summed E-state index contributed by atoms with van der Waals surface area (Å²) in [5.41, 5.74) is 3.97. The number of ether oxygens (including phenoxy) is 1. The van der Waals surface area contributed by atoms with E-state index in [4.69, 9.17) is 4.74 Å². The summed E-state index contributed by atoms with van der Waals surface area (Å²) >= 11 is 0. The largest absolute Gasteiger partial charge is 0.466 e. The first-order valence-corrected chi connectivity index (χ1v) is 8.63. The molecule has 3 aromatic rings. The van der Waals surface area contributed by atoms with Crippen LogP contribution in [0.3, 0.4) is 0 Å². The highest BCUT2D eigenvalue weighted by molar-refractivity contribution is 5.85. The predicted octanol–water partition coefficient (Wildman–Crippen LogP) is 4.87. The molecule has 4 nitrogen and oxygen atoms in total. The van der Waals surface area contributed by atoms with Crippen LogP contribution in [0.2, 0.25) is 0 Å². The third-order valence-corrected chi connectivity index (χ3v) is 4.65. The molecule has 0 radical (unpaired) electrons. The molecule has 26 heavy (non-hydrogen) atoms. The van der Waals surface area contributed by atoms with Crippen LogP contribution >= 0.6 is 0 Å². The summed E-state index contributed by atoms with van der Waals surface area (Å²) < 4.78 is 4.80. The number of nitrogens with one attached hydrogen (secondary N) is 2. The molecule has 2 N–H and O–H groups in total. The normalized spacial score (nSPS) is 17.7. The van der Waals surface area contributed by atoms with Gasteiger partial charge in [-0.2, -0.15) is 0 Å². The average Bonchev–Trinajstić information content (AvgIpc) is 2.86. The summed E-state index contributed by atoms with van der Waals surface area (Å²) in [6.45, 7) is 0. The molecule has 1 aliphatic heterocycles. The molecule has 1 heterocycles. The van der Waals surface area contributed by atoms with Gasteiger partial charge in [0.2, 0.25) is 0 Å². The minimum absolute atomic E-state index is 0.0478. The third kappa shape index (κ3) is 3.26. The van der Waals surface area contributed by atoms with Gasteiger partial charge in [-0.1, -0.05) is 48.5 Å². The number of rotatable bonds is 2. The second-order valence-corrected chi connectivity index (χ2v) is 6.37. The number of carbonyl (C=O) groups excluding carboxylic acids is 1. The van der Waals surface area contributed by atoms with Crippen LogP contribution in [0.5, 0.6) is 0 Å². The Kier molecular flexibility index (Phi) is 4.32. The molecule has 1 atom stereocenters. The zero-order chi connectivity index (χ0) is 17.9. The quantitative estimate of drug-likeness (QED) is 0.515. The first kappa shape index (κ1) is 16.2. The number of hydrogen-bond acceptors (Lipinski definition) is 4. The van der Waals surface area contributed by atoms with E-state index in [1.165, 1.54) is 29.5 Å².